The SMILES string of the molecule is CNC(=O)C1CC(=O)N(C2CN(C(=O)C3(CCOC)CCCC3)C2)C1. The van der Waals surface area contributed by atoms with Crippen LogP contribution in [-0.4, -0.2) is 74.0 Å². The van der Waals surface area contributed by atoms with Gasteiger partial charge in [-0.05, 0) is 19.3 Å². The molecule has 140 valence electrons. The Kier molecular flexibility index (Phi) is 5.32. The zero-order valence-corrected chi connectivity index (χ0v) is 15.3. The van der Waals surface area contributed by atoms with Crippen LogP contribution in [0.2, 0.25) is 0 Å². The predicted molar refractivity (Wildman–Crippen MR) is 91.6 cm³/mol. The Morgan fingerprint density at radius 2 is 1.92 bits per heavy atom. The number of hydrogen-bond donors (Lipinski definition) is 1. The molecule has 0 spiro atoms. The van der Waals surface area contributed by atoms with Gasteiger partial charge >= 0.3 is 0 Å². The van der Waals surface area contributed by atoms with Gasteiger partial charge < -0.3 is 19.9 Å². The van der Waals surface area contributed by atoms with Gasteiger partial charge in [-0.3, -0.25) is 14.4 Å². The Morgan fingerprint density at radius 1 is 1.24 bits per heavy atom. The monoisotopic (exact) mass is 351 g/mol. The number of carbonyl (C=O) groups excluding carboxylic acids is 3. The fourth-order valence-corrected chi connectivity index (χ4v) is 4.54. The molecule has 1 saturated carbocycles. The van der Waals surface area contributed by atoms with Crippen molar-refractivity contribution in [3.05, 3.63) is 0 Å². The number of likely N-dealkylation sites (tertiary alicyclic amines) is 2. The highest BCUT2D eigenvalue weighted by Crippen LogP contribution is 2.43. The average Bonchev–Trinajstić information content (AvgIpc) is 3.19. The predicted octanol–water partition coefficient (Wildman–Crippen LogP) is 0.389. The van der Waals surface area contributed by atoms with Crippen LogP contribution in [0.1, 0.15) is 38.5 Å². The molecule has 0 aromatic heterocycles. The van der Waals surface area contributed by atoms with Crippen LogP contribution in [0.15, 0.2) is 0 Å². The Bertz CT molecular complexity index is 538. The van der Waals surface area contributed by atoms with Crippen LogP contribution in [0.25, 0.3) is 0 Å². The summed E-state index contributed by atoms with van der Waals surface area (Å²) in [6.45, 7) is 2.28. The lowest BCUT2D eigenvalue weighted by Gasteiger charge is -2.47. The molecule has 1 unspecified atom stereocenters. The van der Waals surface area contributed by atoms with Crippen molar-refractivity contribution < 1.29 is 19.1 Å². The lowest BCUT2D eigenvalue weighted by atomic mass is 9.80. The van der Waals surface area contributed by atoms with E-state index in [1.807, 2.05) is 4.90 Å². The van der Waals surface area contributed by atoms with Crippen molar-refractivity contribution in [2.45, 2.75) is 44.6 Å². The lowest BCUT2D eigenvalue weighted by Crippen LogP contribution is -2.63. The Hall–Kier alpha value is -1.63. The second kappa shape index (κ2) is 7.32. The summed E-state index contributed by atoms with van der Waals surface area (Å²) in [4.78, 5) is 40.7. The fourth-order valence-electron chi connectivity index (χ4n) is 4.54. The van der Waals surface area contributed by atoms with Crippen LogP contribution in [0, 0.1) is 11.3 Å². The molecule has 0 aromatic carbocycles. The van der Waals surface area contributed by atoms with Crippen molar-refractivity contribution >= 4 is 17.7 Å². The largest absolute Gasteiger partial charge is 0.385 e. The van der Waals surface area contributed by atoms with Crippen LogP contribution < -0.4 is 5.32 Å². The Labute approximate surface area is 149 Å². The molecule has 1 N–H and O–H groups in total. The standard InChI is InChI=1S/C18H29N3O4/c1-19-16(23)13-9-15(22)21(10-13)14-11-20(12-14)17(24)18(7-8-25-2)5-3-4-6-18/h13-14H,3-12H2,1-2H3,(H,19,23). The summed E-state index contributed by atoms with van der Waals surface area (Å²) in [6.07, 6.45) is 5.15. The lowest BCUT2D eigenvalue weighted by molar-refractivity contribution is -0.153. The number of carbonyl (C=O) groups is 3. The highest BCUT2D eigenvalue weighted by molar-refractivity contribution is 5.90. The zero-order chi connectivity index (χ0) is 18.0. The molecule has 3 rings (SSSR count). The van der Waals surface area contributed by atoms with Gasteiger partial charge in [0.1, 0.15) is 0 Å². The van der Waals surface area contributed by atoms with Gasteiger partial charge in [-0.15, -0.1) is 0 Å². The van der Waals surface area contributed by atoms with E-state index in [2.05, 4.69) is 5.32 Å². The van der Waals surface area contributed by atoms with Crippen molar-refractivity contribution in [2.24, 2.45) is 11.3 Å². The van der Waals surface area contributed by atoms with Crippen molar-refractivity contribution in [1.29, 1.82) is 0 Å². The first-order chi connectivity index (χ1) is 12.0. The third-order valence-electron chi connectivity index (χ3n) is 6.16. The van der Waals surface area contributed by atoms with E-state index in [-0.39, 0.29) is 41.5 Å². The Morgan fingerprint density at radius 3 is 2.52 bits per heavy atom. The maximum atomic E-state index is 13.0. The van der Waals surface area contributed by atoms with E-state index in [1.165, 1.54) is 0 Å². The summed E-state index contributed by atoms with van der Waals surface area (Å²) in [7, 11) is 3.27. The number of nitrogens with one attached hydrogen (secondary N) is 1. The van der Waals surface area contributed by atoms with Gasteiger partial charge in [0, 0.05) is 46.8 Å². The summed E-state index contributed by atoms with van der Waals surface area (Å²) in [6, 6.07) is 0.0620. The molecule has 25 heavy (non-hydrogen) atoms. The van der Waals surface area contributed by atoms with E-state index in [0.717, 1.165) is 32.1 Å². The van der Waals surface area contributed by atoms with E-state index >= 15 is 0 Å². The van der Waals surface area contributed by atoms with Crippen LogP contribution in [0.3, 0.4) is 0 Å². The number of amides is 3. The van der Waals surface area contributed by atoms with Crippen molar-refractivity contribution in [1.82, 2.24) is 15.1 Å². The van der Waals surface area contributed by atoms with Crippen molar-refractivity contribution in [2.75, 3.05) is 40.4 Å². The van der Waals surface area contributed by atoms with Gasteiger partial charge in [-0.2, -0.15) is 0 Å². The van der Waals surface area contributed by atoms with Crippen LogP contribution in [0.5, 0.6) is 0 Å². The number of ether oxygens (including phenoxy) is 1. The van der Waals surface area contributed by atoms with Crippen LogP contribution in [-0.2, 0) is 19.1 Å². The molecule has 2 saturated heterocycles. The average molecular weight is 351 g/mol. The smallest absolute Gasteiger partial charge is 0.229 e. The third-order valence-corrected chi connectivity index (χ3v) is 6.16. The molecular formula is C18H29N3O4. The summed E-state index contributed by atoms with van der Waals surface area (Å²) < 4.78 is 5.21. The quantitative estimate of drug-likeness (QED) is 0.751. The summed E-state index contributed by atoms with van der Waals surface area (Å²) in [5.41, 5.74) is -0.263. The molecule has 3 amide bonds. The highest BCUT2D eigenvalue weighted by atomic mass is 16.5. The van der Waals surface area contributed by atoms with E-state index in [0.29, 0.717) is 26.2 Å². The minimum absolute atomic E-state index is 0.0284. The van der Waals surface area contributed by atoms with Crippen LogP contribution >= 0.6 is 0 Å². The molecule has 2 aliphatic heterocycles. The summed E-state index contributed by atoms with van der Waals surface area (Å²) in [5.74, 6) is -0.0776. The maximum absolute atomic E-state index is 13.0. The Balaban J connectivity index is 1.56. The molecule has 1 aliphatic carbocycles. The first kappa shape index (κ1) is 18.2. The second-order valence-electron chi connectivity index (χ2n) is 7.66. The number of rotatable bonds is 6. The molecule has 0 aromatic rings. The van der Waals surface area contributed by atoms with Crippen molar-refractivity contribution in [3.8, 4) is 0 Å². The fraction of sp³-hybridized carbons (Fsp3) is 0.833. The molecule has 3 aliphatic rings. The first-order valence-electron chi connectivity index (χ1n) is 9.30. The van der Waals surface area contributed by atoms with E-state index in [9.17, 15) is 14.4 Å². The van der Waals surface area contributed by atoms with Crippen molar-refractivity contribution in [3.63, 3.8) is 0 Å². The van der Waals surface area contributed by atoms with Gasteiger partial charge in [0.2, 0.25) is 17.7 Å². The van der Waals surface area contributed by atoms with Gasteiger partial charge in [0.25, 0.3) is 0 Å². The van der Waals surface area contributed by atoms with Gasteiger partial charge in [0.05, 0.1) is 17.4 Å². The minimum Gasteiger partial charge on any atom is -0.385 e. The maximum Gasteiger partial charge on any atom is 0.229 e. The molecule has 0 bridgehead atoms. The summed E-state index contributed by atoms with van der Waals surface area (Å²) in [5, 5.41) is 2.62. The normalized spacial score (nSPS) is 26.0. The van der Waals surface area contributed by atoms with Crippen LogP contribution in [0.4, 0.5) is 0 Å². The third kappa shape index (κ3) is 3.38. The highest BCUT2D eigenvalue weighted by Gasteiger charge is 2.49. The molecule has 2 heterocycles. The van der Waals surface area contributed by atoms with E-state index in [4.69, 9.17) is 4.74 Å². The summed E-state index contributed by atoms with van der Waals surface area (Å²) >= 11 is 0. The van der Waals surface area contributed by atoms with Gasteiger partial charge in [-0.25, -0.2) is 0 Å². The first-order valence-corrected chi connectivity index (χ1v) is 9.30. The molecule has 1 atom stereocenters. The minimum atomic E-state index is -0.263. The van der Waals surface area contributed by atoms with Gasteiger partial charge in [-0.1, -0.05) is 12.8 Å². The zero-order valence-electron chi connectivity index (χ0n) is 15.3. The molecular weight excluding hydrogens is 322 g/mol. The number of hydrogen-bond acceptors (Lipinski definition) is 4. The van der Waals surface area contributed by atoms with E-state index in [1.54, 1.807) is 19.1 Å². The topological polar surface area (TPSA) is 79.0 Å². The molecule has 7 heteroatoms. The molecule has 0 radical (unpaired) electrons. The second-order valence-corrected chi connectivity index (χ2v) is 7.66. The number of nitrogens with zero attached hydrogens (tertiary/aromatic N) is 2. The molecule has 7 nitrogen and oxygen atoms in total. The van der Waals surface area contributed by atoms with E-state index < -0.39 is 0 Å². The molecule has 3 fully saturated rings. The van der Waals surface area contributed by atoms with Gasteiger partial charge in [0.15, 0.2) is 0 Å². The number of methoxy groups -OCH3 is 1.